The second-order valence-corrected chi connectivity index (χ2v) is 10.2. The van der Waals surface area contributed by atoms with E-state index in [4.69, 9.17) is 9.47 Å². The molecular formula is C27H39N3O5. The van der Waals surface area contributed by atoms with Crippen molar-refractivity contribution >= 4 is 23.4 Å². The number of amides is 3. The van der Waals surface area contributed by atoms with Crippen LogP contribution < -0.4 is 15.4 Å². The van der Waals surface area contributed by atoms with Crippen LogP contribution >= 0.6 is 0 Å². The molecule has 1 saturated heterocycles. The lowest BCUT2D eigenvalue weighted by Gasteiger charge is -2.42. The Morgan fingerprint density at radius 2 is 1.89 bits per heavy atom. The Hall–Kier alpha value is -2.61. The molecule has 8 heteroatoms. The Balaban J connectivity index is 1.35. The molecule has 0 bridgehead atoms. The van der Waals surface area contributed by atoms with Gasteiger partial charge in [-0.25, -0.2) is 0 Å². The first kappa shape index (κ1) is 25.5. The van der Waals surface area contributed by atoms with E-state index in [9.17, 15) is 14.4 Å². The molecular weight excluding hydrogens is 446 g/mol. The van der Waals surface area contributed by atoms with E-state index in [1.165, 1.54) is 32.1 Å². The zero-order chi connectivity index (χ0) is 24.8. The highest BCUT2D eigenvalue weighted by molar-refractivity contribution is 5.99. The molecule has 1 saturated carbocycles. The fourth-order valence-corrected chi connectivity index (χ4v) is 5.48. The minimum absolute atomic E-state index is 0.0400. The summed E-state index contributed by atoms with van der Waals surface area (Å²) in [5, 5.41) is 5.95. The van der Waals surface area contributed by atoms with Gasteiger partial charge in [0.15, 0.2) is 0 Å². The molecule has 35 heavy (non-hydrogen) atoms. The van der Waals surface area contributed by atoms with Gasteiger partial charge in [-0.2, -0.15) is 0 Å². The first-order valence-corrected chi connectivity index (χ1v) is 13.2. The molecule has 192 valence electrons. The third kappa shape index (κ3) is 6.54. The average Bonchev–Trinajstić information content (AvgIpc) is 2.86. The molecule has 3 atom stereocenters. The van der Waals surface area contributed by atoms with Crippen molar-refractivity contribution in [1.29, 1.82) is 0 Å². The number of nitrogens with one attached hydrogen (secondary N) is 2. The Kier molecular flexibility index (Phi) is 8.65. The maximum atomic E-state index is 13.3. The average molecular weight is 486 g/mol. The van der Waals surface area contributed by atoms with E-state index in [2.05, 4.69) is 10.6 Å². The molecule has 2 heterocycles. The fraction of sp³-hybridized carbons (Fsp3) is 0.667. The van der Waals surface area contributed by atoms with Crippen LogP contribution in [0.25, 0.3) is 0 Å². The summed E-state index contributed by atoms with van der Waals surface area (Å²) < 4.78 is 12.3. The quantitative estimate of drug-likeness (QED) is 0.611. The minimum atomic E-state index is -0.300. The van der Waals surface area contributed by atoms with Crippen LogP contribution in [0.5, 0.6) is 5.75 Å². The maximum absolute atomic E-state index is 13.3. The molecule has 2 N–H and O–H groups in total. The molecule has 0 unspecified atom stereocenters. The van der Waals surface area contributed by atoms with Crippen molar-refractivity contribution in [3.05, 3.63) is 23.8 Å². The molecule has 8 nitrogen and oxygen atoms in total. The molecule has 3 aliphatic rings. The number of hydrogen-bond donors (Lipinski definition) is 2. The van der Waals surface area contributed by atoms with Gasteiger partial charge in [-0.3, -0.25) is 14.4 Å². The molecule has 3 amide bonds. The fourth-order valence-electron chi connectivity index (χ4n) is 5.48. The van der Waals surface area contributed by atoms with E-state index in [1.807, 2.05) is 6.92 Å². The van der Waals surface area contributed by atoms with Gasteiger partial charge < -0.3 is 25.0 Å². The summed E-state index contributed by atoms with van der Waals surface area (Å²) in [4.78, 5) is 39.6. The molecule has 0 aromatic heterocycles. The summed E-state index contributed by atoms with van der Waals surface area (Å²) in [5.74, 6) is 0.884. The topological polar surface area (TPSA) is 97.0 Å². The zero-order valence-electron chi connectivity index (χ0n) is 21.0. The number of ether oxygens (including phenoxy) is 2. The van der Waals surface area contributed by atoms with Gasteiger partial charge in [0.25, 0.3) is 5.91 Å². The van der Waals surface area contributed by atoms with Crippen LogP contribution in [0.4, 0.5) is 5.69 Å². The van der Waals surface area contributed by atoms with Crippen molar-refractivity contribution in [2.75, 3.05) is 25.5 Å². The molecule has 1 aromatic rings. The predicted molar refractivity (Wildman–Crippen MR) is 133 cm³/mol. The van der Waals surface area contributed by atoms with Crippen molar-refractivity contribution in [3.8, 4) is 5.75 Å². The maximum Gasteiger partial charge on any atom is 0.257 e. The summed E-state index contributed by atoms with van der Waals surface area (Å²) in [6.45, 7) is 3.01. The number of likely N-dealkylation sites (N-methyl/N-ethyl adjacent to an activating group) is 1. The van der Waals surface area contributed by atoms with E-state index in [0.29, 0.717) is 42.4 Å². The molecule has 2 aliphatic heterocycles. The first-order valence-electron chi connectivity index (χ1n) is 13.2. The van der Waals surface area contributed by atoms with Crippen LogP contribution in [0.1, 0.15) is 81.5 Å². The second-order valence-electron chi connectivity index (χ2n) is 10.2. The number of fused-ring (bicyclic) bond motifs is 2. The summed E-state index contributed by atoms with van der Waals surface area (Å²) in [6.07, 6.45) is 8.76. The Morgan fingerprint density at radius 1 is 1.09 bits per heavy atom. The minimum Gasteiger partial charge on any atom is -0.490 e. The van der Waals surface area contributed by atoms with E-state index in [0.717, 1.165) is 25.8 Å². The highest BCUT2D eigenvalue weighted by Crippen LogP contribution is 2.32. The third-order valence-electron chi connectivity index (χ3n) is 7.50. The van der Waals surface area contributed by atoms with E-state index in [1.54, 1.807) is 30.1 Å². The lowest BCUT2D eigenvalue weighted by atomic mass is 9.89. The summed E-state index contributed by atoms with van der Waals surface area (Å²) >= 11 is 0. The number of hydrogen-bond acceptors (Lipinski definition) is 5. The SMILES string of the molecule is CCCC(=O)Nc1ccc2c(c1)C(=O)N(C)[C@H]1CC[C@@H](CC(=O)NCC3CCCCC3)O[C@@H]1CO2. The monoisotopic (exact) mass is 485 g/mol. The molecule has 2 fully saturated rings. The van der Waals surface area contributed by atoms with E-state index in [-0.39, 0.29) is 36.0 Å². The van der Waals surface area contributed by atoms with Gasteiger partial charge in [-0.05, 0) is 56.2 Å². The molecule has 1 aliphatic carbocycles. The van der Waals surface area contributed by atoms with Crippen molar-refractivity contribution in [3.63, 3.8) is 0 Å². The van der Waals surface area contributed by atoms with E-state index < -0.39 is 0 Å². The van der Waals surface area contributed by atoms with Crippen molar-refractivity contribution in [1.82, 2.24) is 10.2 Å². The predicted octanol–water partition coefficient (Wildman–Crippen LogP) is 3.89. The summed E-state index contributed by atoms with van der Waals surface area (Å²) in [5.41, 5.74) is 1.02. The van der Waals surface area contributed by atoms with Gasteiger partial charge in [0.1, 0.15) is 18.5 Å². The van der Waals surface area contributed by atoms with Gasteiger partial charge in [-0.1, -0.05) is 26.2 Å². The Bertz CT molecular complexity index is 914. The van der Waals surface area contributed by atoms with Crippen LogP contribution in [-0.2, 0) is 14.3 Å². The lowest BCUT2D eigenvalue weighted by Crippen LogP contribution is -2.54. The number of rotatable bonds is 7. The van der Waals surface area contributed by atoms with Gasteiger partial charge in [0, 0.05) is 25.7 Å². The number of carbonyl (C=O) groups excluding carboxylic acids is 3. The third-order valence-corrected chi connectivity index (χ3v) is 7.50. The smallest absolute Gasteiger partial charge is 0.257 e. The number of carbonyl (C=O) groups is 3. The Morgan fingerprint density at radius 3 is 2.66 bits per heavy atom. The lowest BCUT2D eigenvalue weighted by molar-refractivity contribution is -0.134. The molecule has 1 aromatic carbocycles. The van der Waals surface area contributed by atoms with Crippen LogP contribution in [0, 0.1) is 5.92 Å². The van der Waals surface area contributed by atoms with Crippen LogP contribution in [0.15, 0.2) is 18.2 Å². The van der Waals surface area contributed by atoms with Gasteiger partial charge in [0.2, 0.25) is 11.8 Å². The second kappa shape index (κ2) is 11.9. The van der Waals surface area contributed by atoms with Gasteiger partial charge in [0.05, 0.1) is 24.1 Å². The number of nitrogens with zero attached hydrogens (tertiary/aromatic N) is 1. The first-order chi connectivity index (χ1) is 16.9. The molecule has 0 radical (unpaired) electrons. The van der Waals surface area contributed by atoms with Crippen molar-refractivity contribution in [2.45, 2.75) is 89.4 Å². The van der Waals surface area contributed by atoms with E-state index >= 15 is 0 Å². The number of anilines is 1. The van der Waals surface area contributed by atoms with Gasteiger partial charge >= 0.3 is 0 Å². The summed E-state index contributed by atoms with van der Waals surface area (Å²) in [6, 6.07) is 5.03. The van der Waals surface area contributed by atoms with Crippen LogP contribution in [-0.4, -0.2) is 61.1 Å². The summed E-state index contributed by atoms with van der Waals surface area (Å²) in [7, 11) is 1.79. The van der Waals surface area contributed by atoms with Crippen LogP contribution in [0.2, 0.25) is 0 Å². The molecule has 4 rings (SSSR count). The van der Waals surface area contributed by atoms with Crippen LogP contribution in [0.3, 0.4) is 0 Å². The normalized spacial score (nSPS) is 24.9. The molecule has 0 spiro atoms. The zero-order valence-corrected chi connectivity index (χ0v) is 21.0. The standard InChI is InChI=1S/C27H39N3O5/c1-3-7-25(31)29-19-10-13-23-21(14-19)27(33)30(2)22-12-11-20(35-24(22)17-34-23)15-26(32)28-16-18-8-5-4-6-9-18/h10,13-14,18,20,22,24H,3-9,11-12,15-17H2,1-2H3,(H,28,32)(H,29,31)/t20-,22-,24+/m0/s1. The highest BCUT2D eigenvalue weighted by atomic mass is 16.5. The highest BCUT2D eigenvalue weighted by Gasteiger charge is 2.39. The number of benzene rings is 1. The van der Waals surface area contributed by atoms with Crippen molar-refractivity contribution in [2.24, 2.45) is 5.92 Å². The largest absolute Gasteiger partial charge is 0.490 e. The van der Waals surface area contributed by atoms with Crippen molar-refractivity contribution < 1.29 is 23.9 Å². The van der Waals surface area contributed by atoms with Gasteiger partial charge in [-0.15, -0.1) is 0 Å². The Labute approximate surface area is 208 Å².